The van der Waals surface area contributed by atoms with E-state index in [1.165, 1.54) is 19.4 Å². The molecular weight excluding hydrogens is 245 g/mol. The third-order valence-electron chi connectivity index (χ3n) is 2.32. The molecule has 0 radical (unpaired) electrons. The van der Waals surface area contributed by atoms with Crippen LogP contribution >= 0.6 is 0 Å². The molecule has 94 valence electrons. The Labute approximate surface area is 101 Å². The van der Waals surface area contributed by atoms with Crippen LogP contribution in [0.25, 0.3) is 11.1 Å². The minimum atomic E-state index is -4.49. The molecule has 6 heteroatoms. The lowest BCUT2D eigenvalue weighted by Gasteiger charge is -2.11. The summed E-state index contributed by atoms with van der Waals surface area (Å²) in [6.45, 7) is 0. The highest BCUT2D eigenvalue weighted by Crippen LogP contribution is 2.33. The van der Waals surface area contributed by atoms with Crippen LogP contribution in [-0.4, -0.2) is 17.1 Å². The second-order valence-electron chi connectivity index (χ2n) is 3.49. The number of methoxy groups -OCH3 is 1. The van der Waals surface area contributed by atoms with Crippen LogP contribution in [-0.2, 0) is 6.18 Å². The molecule has 2 rings (SSSR count). The van der Waals surface area contributed by atoms with Crippen LogP contribution in [0.3, 0.4) is 0 Å². The van der Waals surface area contributed by atoms with Crippen molar-refractivity contribution in [1.29, 1.82) is 0 Å². The van der Waals surface area contributed by atoms with E-state index in [2.05, 4.69) is 9.97 Å². The van der Waals surface area contributed by atoms with Gasteiger partial charge in [-0.05, 0) is 18.2 Å². The van der Waals surface area contributed by atoms with Gasteiger partial charge in [-0.25, -0.2) is 4.98 Å². The van der Waals surface area contributed by atoms with Crippen LogP contribution in [0.4, 0.5) is 13.2 Å². The number of alkyl halides is 3. The van der Waals surface area contributed by atoms with Crippen LogP contribution in [0.1, 0.15) is 5.69 Å². The molecule has 0 fully saturated rings. The first-order valence-electron chi connectivity index (χ1n) is 5.05. The smallest absolute Gasteiger partial charge is 0.433 e. The SMILES string of the molecule is COc1nc(C(F)(F)F)ccc1-c1cccnc1. The van der Waals surface area contributed by atoms with Gasteiger partial charge in [-0.2, -0.15) is 13.2 Å². The summed E-state index contributed by atoms with van der Waals surface area (Å²) in [6.07, 6.45) is -1.37. The molecule has 3 nitrogen and oxygen atoms in total. The van der Waals surface area contributed by atoms with Crippen LogP contribution < -0.4 is 4.74 Å². The third-order valence-corrected chi connectivity index (χ3v) is 2.32. The van der Waals surface area contributed by atoms with Gasteiger partial charge in [0, 0.05) is 23.5 Å². The summed E-state index contributed by atoms with van der Waals surface area (Å²) in [5.74, 6) is -0.0715. The van der Waals surface area contributed by atoms with Gasteiger partial charge in [0.05, 0.1) is 7.11 Å². The molecule has 0 N–H and O–H groups in total. The maximum Gasteiger partial charge on any atom is 0.433 e. The summed E-state index contributed by atoms with van der Waals surface area (Å²) in [4.78, 5) is 7.37. The van der Waals surface area contributed by atoms with Gasteiger partial charge in [-0.3, -0.25) is 4.98 Å². The molecule has 18 heavy (non-hydrogen) atoms. The quantitative estimate of drug-likeness (QED) is 0.825. The van der Waals surface area contributed by atoms with Gasteiger partial charge in [0.2, 0.25) is 5.88 Å². The first-order valence-corrected chi connectivity index (χ1v) is 5.05. The van der Waals surface area contributed by atoms with Crippen molar-refractivity contribution in [2.45, 2.75) is 6.18 Å². The Morgan fingerprint density at radius 1 is 1.17 bits per heavy atom. The zero-order chi connectivity index (χ0) is 13.2. The summed E-state index contributed by atoms with van der Waals surface area (Å²) in [5, 5.41) is 0. The van der Waals surface area contributed by atoms with Crippen molar-refractivity contribution in [3.63, 3.8) is 0 Å². The highest BCUT2D eigenvalue weighted by atomic mass is 19.4. The Kier molecular flexibility index (Phi) is 3.18. The summed E-state index contributed by atoms with van der Waals surface area (Å²) in [7, 11) is 1.28. The van der Waals surface area contributed by atoms with Crippen LogP contribution in [0.2, 0.25) is 0 Å². The Morgan fingerprint density at radius 2 is 1.94 bits per heavy atom. The number of rotatable bonds is 2. The predicted molar refractivity (Wildman–Crippen MR) is 59.0 cm³/mol. The summed E-state index contributed by atoms with van der Waals surface area (Å²) < 4.78 is 42.4. The second kappa shape index (κ2) is 4.64. The molecule has 2 aromatic rings. The van der Waals surface area contributed by atoms with E-state index in [9.17, 15) is 13.2 Å². The largest absolute Gasteiger partial charge is 0.481 e. The van der Waals surface area contributed by atoms with Gasteiger partial charge < -0.3 is 4.74 Å². The Balaban J connectivity index is 2.51. The Morgan fingerprint density at radius 3 is 2.50 bits per heavy atom. The number of hydrogen-bond acceptors (Lipinski definition) is 3. The lowest BCUT2D eigenvalue weighted by molar-refractivity contribution is -0.141. The van der Waals surface area contributed by atoms with Crippen molar-refractivity contribution in [2.75, 3.05) is 7.11 Å². The molecule has 0 aromatic carbocycles. The Hall–Kier alpha value is -2.11. The van der Waals surface area contributed by atoms with Crippen LogP contribution in [0.5, 0.6) is 5.88 Å². The molecule has 0 saturated carbocycles. The number of hydrogen-bond donors (Lipinski definition) is 0. The first kappa shape index (κ1) is 12.3. The van der Waals surface area contributed by atoms with Crippen molar-refractivity contribution in [2.24, 2.45) is 0 Å². The molecule has 0 bridgehead atoms. The fraction of sp³-hybridized carbons (Fsp3) is 0.167. The van der Waals surface area contributed by atoms with Gasteiger partial charge in [0.15, 0.2) is 0 Å². The number of aromatic nitrogens is 2. The summed E-state index contributed by atoms with van der Waals surface area (Å²) >= 11 is 0. The van der Waals surface area contributed by atoms with E-state index in [0.717, 1.165) is 6.07 Å². The molecule has 0 spiro atoms. The van der Waals surface area contributed by atoms with E-state index in [-0.39, 0.29) is 5.88 Å². The fourth-order valence-corrected chi connectivity index (χ4v) is 1.50. The van der Waals surface area contributed by atoms with E-state index >= 15 is 0 Å². The molecule has 0 aliphatic rings. The topological polar surface area (TPSA) is 35.0 Å². The second-order valence-corrected chi connectivity index (χ2v) is 3.49. The van der Waals surface area contributed by atoms with E-state index < -0.39 is 11.9 Å². The van der Waals surface area contributed by atoms with Crippen molar-refractivity contribution in [3.05, 3.63) is 42.4 Å². The zero-order valence-electron chi connectivity index (χ0n) is 9.40. The van der Waals surface area contributed by atoms with Crippen molar-refractivity contribution in [1.82, 2.24) is 9.97 Å². The molecule has 2 heterocycles. The maximum atomic E-state index is 12.5. The number of nitrogens with zero attached hydrogens (tertiary/aromatic N) is 2. The van der Waals surface area contributed by atoms with E-state index in [4.69, 9.17) is 4.74 Å². The van der Waals surface area contributed by atoms with Crippen molar-refractivity contribution < 1.29 is 17.9 Å². The van der Waals surface area contributed by atoms with Crippen LogP contribution in [0, 0.1) is 0 Å². The van der Waals surface area contributed by atoms with E-state index in [1.54, 1.807) is 18.3 Å². The number of pyridine rings is 2. The van der Waals surface area contributed by atoms with Gasteiger partial charge in [-0.15, -0.1) is 0 Å². The lowest BCUT2D eigenvalue weighted by Crippen LogP contribution is -2.08. The van der Waals surface area contributed by atoms with Crippen LogP contribution in [0.15, 0.2) is 36.7 Å². The molecule has 0 saturated heterocycles. The summed E-state index contributed by atoms with van der Waals surface area (Å²) in [5.41, 5.74) is 0.140. The maximum absolute atomic E-state index is 12.5. The first-order chi connectivity index (χ1) is 8.52. The third kappa shape index (κ3) is 2.42. The van der Waals surface area contributed by atoms with Crippen molar-refractivity contribution >= 4 is 0 Å². The number of halogens is 3. The fourth-order valence-electron chi connectivity index (χ4n) is 1.50. The number of ether oxygens (including phenoxy) is 1. The van der Waals surface area contributed by atoms with E-state index in [1.807, 2.05) is 0 Å². The van der Waals surface area contributed by atoms with Gasteiger partial charge in [-0.1, -0.05) is 6.07 Å². The monoisotopic (exact) mass is 254 g/mol. The normalized spacial score (nSPS) is 11.3. The Bertz CT molecular complexity index is 541. The molecule has 0 amide bonds. The molecule has 0 aliphatic heterocycles. The predicted octanol–water partition coefficient (Wildman–Crippen LogP) is 3.17. The summed E-state index contributed by atoms with van der Waals surface area (Å²) in [6, 6.07) is 5.66. The molecular formula is C12H9F3N2O. The minimum Gasteiger partial charge on any atom is -0.481 e. The van der Waals surface area contributed by atoms with E-state index in [0.29, 0.717) is 11.1 Å². The van der Waals surface area contributed by atoms with Gasteiger partial charge in [0.25, 0.3) is 0 Å². The van der Waals surface area contributed by atoms with Gasteiger partial charge >= 0.3 is 6.18 Å². The van der Waals surface area contributed by atoms with Crippen molar-refractivity contribution in [3.8, 4) is 17.0 Å². The molecule has 0 atom stereocenters. The zero-order valence-corrected chi connectivity index (χ0v) is 9.40. The molecule has 2 aromatic heterocycles. The average Bonchev–Trinajstić information content (AvgIpc) is 2.38. The molecule has 0 aliphatic carbocycles. The lowest BCUT2D eigenvalue weighted by atomic mass is 10.1. The average molecular weight is 254 g/mol. The standard InChI is InChI=1S/C12H9F3N2O/c1-18-11-9(8-3-2-6-16-7-8)4-5-10(17-11)12(13,14)15/h2-7H,1H3. The highest BCUT2D eigenvalue weighted by Gasteiger charge is 2.33. The van der Waals surface area contributed by atoms with Gasteiger partial charge in [0.1, 0.15) is 5.69 Å². The molecule has 0 unspecified atom stereocenters. The minimum absolute atomic E-state index is 0.0715. The highest BCUT2D eigenvalue weighted by molar-refractivity contribution is 5.67.